The van der Waals surface area contributed by atoms with Gasteiger partial charge in [-0.2, -0.15) is 0 Å². The summed E-state index contributed by atoms with van der Waals surface area (Å²) in [7, 11) is 0. The van der Waals surface area contributed by atoms with Crippen molar-refractivity contribution in [2.45, 2.75) is 57.0 Å². The van der Waals surface area contributed by atoms with Gasteiger partial charge in [-0.15, -0.1) is 0 Å². The van der Waals surface area contributed by atoms with Crippen molar-refractivity contribution >= 4 is 17.7 Å². The second-order valence-electron chi connectivity index (χ2n) is 11.5. The normalized spacial score (nSPS) is 17.1. The van der Waals surface area contributed by atoms with Gasteiger partial charge in [0.2, 0.25) is 0 Å². The van der Waals surface area contributed by atoms with Crippen LogP contribution in [-0.4, -0.2) is 45.8 Å². The lowest BCUT2D eigenvalue weighted by atomic mass is 9.84. The Balaban J connectivity index is 1.33. The summed E-state index contributed by atoms with van der Waals surface area (Å²) >= 11 is 0. The van der Waals surface area contributed by atoms with Gasteiger partial charge in [-0.1, -0.05) is 26.0 Å². The zero-order chi connectivity index (χ0) is 29.2. The van der Waals surface area contributed by atoms with Crippen LogP contribution in [0.2, 0.25) is 0 Å². The number of rotatable bonds is 9. The number of nitrogens with zero attached hydrogens (tertiary/aromatic N) is 1. The van der Waals surface area contributed by atoms with Crippen LogP contribution in [0.25, 0.3) is 0 Å². The Bertz CT molecular complexity index is 1390. The van der Waals surface area contributed by atoms with Crippen molar-refractivity contribution in [3.05, 3.63) is 78.1 Å². The summed E-state index contributed by atoms with van der Waals surface area (Å²) in [6.07, 6.45) is 2.95. The van der Waals surface area contributed by atoms with E-state index in [2.05, 4.69) is 19.2 Å². The van der Waals surface area contributed by atoms with Crippen molar-refractivity contribution < 1.29 is 33.7 Å². The number of benzene rings is 3. The van der Waals surface area contributed by atoms with E-state index in [1.54, 1.807) is 47.4 Å². The Morgan fingerprint density at radius 1 is 0.878 bits per heavy atom. The number of anilines is 1. The molecule has 0 aromatic heterocycles. The first-order chi connectivity index (χ1) is 19.5. The number of carbonyl (C=O) groups excluding carboxylic acids is 1. The quantitative estimate of drug-likeness (QED) is 0.261. The van der Waals surface area contributed by atoms with Gasteiger partial charge in [0.15, 0.2) is 0 Å². The average Bonchev–Trinajstić information content (AvgIpc) is 3.73. The number of amides is 2. The maximum atomic E-state index is 13.4. The predicted octanol–water partition coefficient (Wildman–Crippen LogP) is 6.93. The van der Waals surface area contributed by atoms with Crippen molar-refractivity contribution in [3.8, 4) is 23.0 Å². The van der Waals surface area contributed by atoms with Gasteiger partial charge in [-0.3, -0.25) is 4.79 Å². The molecule has 8 nitrogen and oxygen atoms in total. The number of hydrogen-bond acceptors (Lipinski definition) is 5. The molecule has 1 aliphatic carbocycles. The Morgan fingerprint density at radius 3 is 1.90 bits per heavy atom. The molecule has 1 saturated carbocycles. The van der Waals surface area contributed by atoms with Gasteiger partial charge < -0.3 is 29.9 Å². The lowest BCUT2D eigenvalue weighted by molar-refractivity contribution is -0.140. The molecule has 9 heteroatoms. The van der Waals surface area contributed by atoms with E-state index in [1.807, 2.05) is 0 Å². The summed E-state index contributed by atoms with van der Waals surface area (Å²) < 4.78 is 25.4. The number of aliphatic hydroxyl groups is 1. The van der Waals surface area contributed by atoms with Gasteiger partial charge in [0.05, 0.1) is 11.0 Å². The summed E-state index contributed by atoms with van der Waals surface area (Å²) in [5.41, 5.74) is -0.390. The fraction of sp³-hybridized carbons (Fsp3) is 0.375. The molecule has 0 bridgehead atoms. The van der Waals surface area contributed by atoms with Crippen molar-refractivity contribution in [1.29, 1.82) is 0 Å². The third-order valence-electron chi connectivity index (χ3n) is 7.75. The highest BCUT2D eigenvalue weighted by atomic mass is 19.1. The van der Waals surface area contributed by atoms with Gasteiger partial charge in [0.1, 0.15) is 28.8 Å². The SMILES string of the molecule is CC(C)CC1(O)CCN(C(=O)Nc2cc(Oc3ccc(F)cc3)cc(Oc3ccc(C4(C(=O)O)CC4)cc3)c2)CC1. The van der Waals surface area contributed by atoms with Crippen molar-refractivity contribution in [3.63, 3.8) is 0 Å². The molecule has 2 fully saturated rings. The topological polar surface area (TPSA) is 108 Å². The summed E-state index contributed by atoms with van der Waals surface area (Å²) in [5, 5.41) is 23.3. The van der Waals surface area contributed by atoms with E-state index in [0.717, 1.165) is 5.56 Å². The Kier molecular flexibility index (Phi) is 7.91. The summed E-state index contributed by atoms with van der Waals surface area (Å²) in [6, 6.07) is 17.2. The van der Waals surface area contributed by atoms with Crippen LogP contribution in [0.3, 0.4) is 0 Å². The van der Waals surface area contributed by atoms with Gasteiger partial charge >= 0.3 is 12.0 Å². The van der Waals surface area contributed by atoms with E-state index in [4.69, 9.17) is 9.47 Å². The number of hydrogen-bond donors (Lipinski definition) is 3. The van der Waals surface area contributed by atoms with E-state index >= 15 is 0 Å². The highest BCUT2D eigenvalue weighted by Crippen LogP contribution is 2.48. The molecular formula is C32H35FN2O6. The van der Waals surface area contributed by atoms with Crippen LogP contribution in [0.4, 0.5) is 14.9 Å². The van der Waals surface area contributed by atoms with Gasteiger partial charge in [0, 0.05) is 37.0 Å². The number of aliphatic carboxylic acids is 1. The maximum absolute atomic E-state index is 13.4. The lowest BCUT2D eigenvalue weighted by Crippen LogP contribution is -2.48. The predicted molar refractivity (Wildman–Crippen MR) is 152 cm³/mol. The van der Waals surface area contributed by atoms with E-state index in [-0.39, 0.29) is 11.8 Å². The second-order valence-corrected chi connectivity index (χ2v) is 11.5. The number of ether oxygens (including phenoxy) is 2. The molecular weight excluding hydrogens is 527 g/mol. The number of carbonyl (C=O) groups is 2. The Morgan fingerprint density at radius 2 is 1.41 bits per heavy atom. The molecule has 0 atom stereocenters. The number of piperidine rings is 1. The largest absolute Gasteiger partial charge is 0.481 e. The van der Waals surface area contributed by atoms with E-state index in [9.17, 15) is 24.2 Å². The fourth-order valence-corrected chi connectivity index (χ4v) is 5.42. The molecule has 2 amide bonds. The minimum Gasteiger partial charge on any atom is -0.481 e. The molecule has 1 aliphatic heterocycles. The van der Waals surface area contributed by atoms with Crippen molar-refractivity contribution in [1.82, 2.24) is 4.90 Å². The van der Waals surface area contributed by atoms with Crippen LogP contribution < -0.4 is 14.8 Å². The number of likely N-dealkylation sites (tertiary alicyclic amines) is 1. The lowest BCUT2D eigenvalue weighted by Gasteiger charge is -2.39. The van der Waals surface area contributed by atoms with Crippen molar-refractivity contribution in [2.75, 3.05) is 18.4 Å². The summed E-state index contributed by atoms with van der Waals surface area (Å²) in [6.45, 7) is 5.03. The van der Waals surface area contributed by atoms with Crippen LogP contribution in [-0.2, 0) is 10.2 Å². The van der Waals surface area contributed by atoms with E-state index in [0.29, 0.717) is 79.8 Å². The van der Waals surface area contributed by atoms with Gasteiger partial charge in [0.25, 0.3) is 0 Å². The first-order valence-electron chi connectivity index (χ1n) is 13.9. The number of carboxylic acid groups (broad SMARTS) is 1. The number of carboxylic acids is 1. The van der Waals surface area contributed by atoms with Crippen LogP contribution in [0.15, 0.2) is 66.7 Å². The van der Waals surface area contributed by atoms with E-state index < -0.39 is 17.0 Å². The van der Waals surface area contributed by atoms with E-state index in [1.165, 1.54) is 24.3 Å². The molecule has 0 radical (unpaired) electrons. The van der Waals surface area contributed by atoms with Crippen LogP contribution in [0.5, 0.6) is 23.0 Å². The number of urea groups is 1. The molecule has 1 saturated heterocycles. The first kappa shape index (κ1) is 28.4. The number of nitrogens with one attached hydrogen (secondary N) is 1. The first-order valence-corrected chi connectivity index (χ1v) is 13.9. The Hall–Kier alpha value is -4.11. The van der Waals surface area contributed by atoms with Gasteiger partial charge in [-0.25, -0.2) is 9.18 Å². The van der Waals surface area contributed by atoms with Crippen molar-refractivity contribution in [2.24, 2.45) is 5.92 Å². The molecule has 1 heterocycles. The molecule has 5 rings (SSSR count). The minimum atomic E-state index is -0.824. The molecule has 41 heavy (non-hydrogen) atoms. The molecule has 3 aromatic rings. The third kappa shape index (κ3) is 6.79. The molecule has 3 N–H and O–H groups in total. The highest BCUT2D eigenvalue weighted by Gasteiger charge is 2.51. The molecule has 0 unspecified atom stereocenters. The van der Waals surface area contributed by atoms with Crippen LogP contribution in [0.1, 0.15) is 51.5 Å². The van der Waals surface area contributed by atoms with Gasteiger partial charge in [-0.05, 0) is 80.0 Å². The van der Waals surface area contributed by atoms with Crippen LogP contribution >= 0.6 is 0 Å². The highest BCUT2D eigenvalue weighted by molar-refractivity contribution is 5.90. The average molecular weight is 563 g/mol. The second kappa shape index (κ2) is 11.4. The fourth-order valence-electron chi connectivity index (χ4n) is 5.42. The molecule has 0 spiro atoms. The Labute approximate surface area is 238 Å². The zero-order valence-electron chi connectivity index (χ0n) is 23.2. The summed E-state index contributed by atoms with van der Waals surface area (Å²) in [4.78, 5) is 26.5. The third-order valence-corrected chi connectivity index (χ3v) is 7.75. The minimum absolute atomic E-state index is 0.297. The maximum Gasteiger partial charge on any atom is 0.321 e. The standard InChI is InChI=1S/C32H35FN2O6/c1-21(2)20-31(39)13-15-35(16-14-31)30(38)34-24-17-27(19-28(18-24)41-26-9-5-23(33)6-10-26)40-25-7-3-22(4-8-25)32(11-12-32)29(36)37/h3-10,17-19,21,39H,11-16,20H2,1-2H3,(H,34,38)(H,36,37). The molecule has 216 valence electrons. The smallest absolute Gasteiger partial charge is 0.321 e. The summed E-state index contributed by atoms with van der Waals surface area (Å²) in [5.74, 6) is 0.816. The molecule has 3 aromatic carbocycles. The monoisotopic (exact) mass is 562 g/mol. The zero-order valence-corrected chi connectivity index (χ0v) is 23.2. The molecule has 2 aliphatic rings. The van der Waals surface area contributed by atoms with Crippen LogP contribution in [0, 0.1) is 11.7 Å². The number of halogens is 1.